The lowest BCUT2D eigenvalue weighted by molar-refractivity contribution is 0.879. The van der Waals surface area contributed by atoms with E-state index in [1.165, 1.54) is 6.07 Å². The normalized spacial score (nSPS) is 12.3. The molecule has 94 valence electrons. The van der Waals surface area contributed by atoms with Gasteiger partial charge in [-0.25, -0.2) is 4.98 Å². The van der Waals surface area contributed by atoms with Gasteiger partial charge in [0.15, 0.2) is 5.16 Å². The first-order valence-electron chi connectivity index (χ1n) is 6.02. The molecule has 0 aliphatic carbocycles. The van der Waals surface area contributed by atoms with Crippen molar-refractivity contribution < 1.29 is 0 Å². The standard InChI is InChI=1S/C14H16N2OS/c1-3-10(2)18-14-15-12(9-13(17)16-14)11-7-5-4-6-8-11/h4-10H,3H2,1-2H3,(H,15,16,17)/t10-/m1/s1. The van der Waals surface area contributed by atoms with Crippen molar-refractivity contribution in [1.82, 2.24) is 9.97 Å². The van der Waals surface area contributed by atoms with Gasteiger partial charge in [-0.05, 0) is 6.42 Å². The van der Waals surface area contributed by atoms with Gasteiger partial charge in [-0.15, -0.1) is 0 Å². The highest BCUT2D eigenvalue weighted by Crippen LogP contribution is 2.23. The lowest BCUT2D eigenvalue weighted by Crippen LogP contribution is -2.09. The molecule has 0 saturated heterocycles. The summed E-state index contributed by atoms with van der Waals surface area (Å²) in [7, 11) is 0. The smallest absolute Gasteiger partial charge is 0.252 e. The Bertz CT molecular complexity index is 566. The molecule has 2 aromatic rings. The van der Waals surface area contributed by atoms with Crippen LogP contribution in [0.25, 0.3) is 11.3 Å². The Morgan fingerprint density at radius 3 is 2.72 bits per heavy atom. The number of nitrogens with zero attached hydrogens (tertiary/aromatic N) is 1. The summed E-state index contributed by atoms with van der Waals surface area (Å²) in [6.07, 6.45) is 1.05. The van der Waals surface area contributed by atoms with Crippen molar-refractivity contribution in [3.63, 3.8) is 0 Å². The number of rotatable bonds is 4. The van der Waals surface area contributed by atoms with Gasteiger partial charge in [-0.3, -0.25) is 4.79 Å². The quantitative estimate of drug-likeness (QED) is 0.677. The topological polar surface area (TPSA) is 45.8 Å². The van der Waals surface area contributed by atoms with E-state index in [0.717, 1.165) is 17.7 Å². The van der Waals surface area contributed by atoms with E-state index in [1.54, 1.807) is 11.8 Å². The van der Waals surface area contributed by atoms with Crippen LogP contribution in [0.1, 0.15) is 20.3 Å². The molecule has 1 aromatic carbocycles. The molecule has 1 N–H and O–H groups in total. The van der Waals surface area contributed by atoms with E-state index >= 15 is 0 Å². The maximum atomic E-state index is 11.6. The van der Waals surface area contributed by atoms with Crippen LogP contribution in [-0.4, -0.2) is 15.2 Å². The largest absolute Gasteiger partial charge is 0.301 e. The van der Waals surface area contributed by atoms with E-state index in [4.69, 9.17) is 0 Å². The van der Waals surface area contributed by atoms with Crippen LogP contribution < -0.4 is 5.56 Å². The third kappa shape index (κ3) is 3.23. The van der Waals surface area contributed by atoms with Gasteiger partial charge < -0.3 is 4.98 Å². The number of nitrogens with one attached hydrogen (secondary N) is 1. The van der Waals surface area contributed by atoms with E-state index in [1.807, 2.05) is 30.3 Å². The monoisotopic (exact) mass is 260 g/mol. The van der Waals surface area contributed by atoms with Crippen LogP contribution in [-0.2, 0) is 0 Å². The fourth-order valence-corrected chi connectivity index (χ4v) is 2.38. The zero-order valence-corrected chi connectivity index (χ0v) is 11.3. The molecule has 4 heteroatoms. The van der Waals surface area contributed by atoms with Crippen molar-refractivity contribution >= 4 is 11.8 Å². The Kier molecular flexibility index (Phi) is 4.20. The van der Waals surface area contributed by atoms with E-state index in [2.05, 4.69) is 23.8 Å². The Balaban J connectivity index is 2.36. The predicted octanol–water partition coefficient (Wildman–Crippen LogP) is 3.33. The average Bonchev–Trinajstić information content (AvgIpc) is 2.39. The first-order valence-corrected chi connectivity index (χ1v) is 6.90. The molecule has 0 bridgehead atoms. The van der Waals surface area contributed by atoms with Crippen molar-refractivity contribution in [3.8, 4) is 11.3 Å². The summed E-state index contributed by atoms with van der Waals surface area (Å²) in [5.74, 6) is 0. The second kappa shape index (κ2) is 5.87. The number of H-pyrrole nitrogens is 1. The van der Waals surface area contributed by atoms with Gasteiger partial charge in [0.2, 0.25) is 0 Å². The van der Waals surface area contributed by atoms with Crippen LogP contribution >= 0.6 is 11.8 Å². The van der Waals surface area contributed by atoms with Gasteiger partial charge >= 0.3 is 0 Å². The minimum absolute atomic E-state index is 0.102. The Morgan fingerprint density at radius 1 is 1.33 bits per heavy atom. The lowest BCUT2D eigenvalue weighted by Gasteiger charge is -2.08. The van der Waals surface area contributed by atoms with Gasteiger partial charge in [0.25, 0.3) is 5.56 Å². The van der Waals surface area contributed by atoms with Crippen molar-refractivity contribution in [2.24, 2.45) is 0 Å². The molecule has 0 spiro atoms. The van der Waals surface area contributed by atoms with Gasteiger partial charge in [-0.2, -0.15) is 0 Å². The summed E-state index contributed by atoms with van der Waals surface area (Å²) in [4.78, 5) is 18.9. The highest BCUT2D eigenvalue weighted by atomic mass is 32.2. The maximum absolute atomic E-state index is 11.6. The molecule has 18 heavy (non-hydrogen) atoms. The fourth-order valence-electron chi connectivity index (χ4n) is 1.52. The molecule has 1 atom stereocenters. The summed E-state index contributed by atoms with van der Waals surface area (Å²) >= 11 is 1.60. The minimum atomic E-state index is -0.102. The Morgan fingerprint density at radius 2 is 2.06 bits per heavy atom. The first-order chi connectivity index (χ1) is 8.69. The second-order valence-electron chi connectivity index (χ2n) is 4.14. The number of benzene rings is 1. The number of aromatic amines is 1. The minimum Gasteiger partial charge on any atom is -0.301 e. The zero-order valence-electron chi connectivity index (χ0n) is 10.5. The molecule has 0 fully saturated rings. The van der Waals surface area contributed by atoms with Crippen molar-refractivity contribution in [1.29, 1.82) is 0 Å². The van der Waals surface area contributed by atoms with E-state index in [9.17, 15) is 4.79 Å². The highest BCUT2D eigenvalue weighted by molar-refractivity contribution is 7.99. The molecule has 2 rings (SSSR count). The van der Waals surface area contributed by atoms with Crippen LogP contribution in [0.5, 0.6) is 0 Å². The van der Waals surface area contributed by atoms with Gasteiger partial charge in [-0.1, -0.05) is 55.9 Å². The molecule has 3 nitrogen and oxygen atoms in total. The summed E-state index contributed by atoms with van der Waals surface area (Å²) in [6.45, 7) is 4.25. The number of thioether (sulfide) groups is 1. The number of hydrogen-bond donors (Lipinski definition) is 1. The molecule has 1 aromatic heterocycles. The van der Waals surface area contributed by atoms with Crippen LogP contribution in [0.3, 0.4) is 0 Å². The third-order valence-electron chi connectivity index (χ3n) is 2.68. The van der Waals surface area contributed by atoms with Crippen molar-refractivity contribution in [2.75, 3.05) is 0 Å². The van der Waals surface area contributed by atoms with Crippen molar-refractivity contribution in [2.45, 2.75) is 30.7 Å². The molecular weight excluding hydrogens is 244 g/mol. The molecule has 0 amide bonds. The average molecular weight is 260 g/mol. The van der Waals surface area contributed by atoms with Crippen LogP contribution in [0.2, 0.25) is 0 Å². The molecule has 0 radical (unpaired) electrons. The van der Waals surface area contributed by atoms with E-state index < -0.39 is 0 Å². The molecule has 1 heterocycles. The Labute approximate surface area is 111 Å². The molecule has 0 aliphatic heterocycles. The Hall–Kier alpha value is -1.55. The molecule has 0 aliphatic rings. The van der Waals surface area contributed by atoms with Crippen LogP contribution in [0.15, 0.2) is 46.3 Å². The summed E-state index contributed by atoms with van der Waals surface area (Å²) in [5, 5.41) is 1.13. The number of hydrogen-bond acceptors (Lipinski definition) is 3. The molecule has 0 unspecified atom stereocenters. The van der Waals surface area contributed by atoms with E-state index in [-0.39, 0.29) is 5.56 Å². The van der Waals surface area contributed by atoms with E-state index in [0.29, 0.717) is 10.4 Å². The first kappa shape index (κ1) is 12.9. The summed E-state index contributed by atoms with van der Waals surface area (Å²) < 4.78 is 0. The van der Waals surface area contributed by atoms with Gasteiger partial charge in [0.1, 0.15) is 0 Å². The van der Waals surface area contributed by atoms with Crippen LogP contribution in [0.4, 0.5) is 0 Å². The summed E-state index contributed by atoms with van der Waals surface area (Å²) in [6, 6.07) is 11.3. The zero-order chi connectivity index (χ0) is 13.0. The second-order valence-corrected chi connectivity index (χ2v) is 5.57. The predicted molar refractivity (Wildman–Crippen MR) is 75.9 cm³/mol. The molecular formula is C14H16N2OS. The van der Waals surface area contributed by atoms with Gasteiger partial charge in [0, 0.05) is 16.9 Å². The lowest BCUT2D eigenvalue weighted by atomic mass is 10.1. The molecule has 0 saturated carbocycles. The fraction of sp³-hybridized carbons (Fsp3) is 0.286. The summed E-state index contributed by atoms with van der Waals surface area (Å²) in [5.41, 5.74) is 1.59. The van der Waals surface area contributed by atoms with Crippen LogP contribution in [0, 0.1) is 0 Å². The SMILES string of the molecule is CC[C@@H](C)Sc1nc(-c2ccccc2)cc(=O)[nH]1. The van der Waals surface area contributed by atoms with Crippen molar-refractivity contribution in [3.05, 3.63) is 46.8 Å². The van der Waals surface area contributed by atoms with Gasteiger partial charge in [0.05, 0.1) is 5.69 Å². The number of aromatic nitrogens is 2. The maximum Gasteiger partial charge on any atom is 0.252 e. The highest BCUT2D eigenvalue weighted by Gasteiger charge is 2.07. The third-order valence-corrected chi connectivity index (χ3v) is 3.83.